The molecule has 1 aliphatic rings. The number of hydrogen-bond acceptors (Lipinski definition) is 3. The van der Waals surface area contributed by atoms with Gasteiger partial charge in [-0.05, 0) is 31.4 Å². The fourth-order valence-corrected chi connectivity index (χ4v) is 3.35. The number of nitrogens with zero attached hydrogens (tertiary/aromatic N) is 3. The van der Waals surface area contributed by atoms with Crippen LogP contribution in [0.5, 0.6) is 0 Å². The van der Waals surface area contributed by atoms with Crippen LogP contribution in [0.15, 0.2) is 36.5 Å². The van der Waals surface area contributed by atoms with Gasteiger partial charge in [0, 0.05) is 17.3 Å². The number of alkyl halides is 3. The highest BCUT2D eigenvalue weighted by Gasteiger charge is 2.34. The van der Waals surface area contributed by atoms with Crippen molar-refractivity contribution in [3.63, 3.8) is 0 Å². The summed E-state index contributed by atoms with van der Waals surface area (Å²) < 4.78 is 53.6. The number of aromatic nitrogens is 4. The minimum absolute atomic E-state index is 0.304. The number of rotatable bonds is 3. The second kappa shape index (κ2) is 6.77. The van der Waals surface area contributed by atoms with Crippen LogP contribution in [-0.4, -0.2) is 25.9 Å². The second-order valence-corrected chi connectivity index (χ2v) is 6.49. The molecular formula is C18H15F4N5O. The van der Waals surface area contributed by atoms with Crippen LogP contribution in [0.4, 0.5) is 17.6 Å². The molecule has 2 N–H and O–H groups in total. The number of carbonyl (C=O) groups excluding carboxylic acids is 1. The van der Waals surface area contributed by atoms with E-state index in [0.717, 1.165) is 11.3 Å². The van der Waals surface area contributed by atoms with Gasteiger partial charge in [-0.25, -0.2) is 9.07 Å². The van der Waals surface area contributed by atoms with Gasteiger partial charge in [0.1, 0.15) is 17.2 Å². The average molecular weight is 393 g/mol. The third kappa shape index (κ3) is 3.25. The first-order valence-corrected chi connectivity index (χ1v) is 8.60. The molecule has 2 aromatic heterocycles. The predicted octanol–water partition coefficient (Wildman–Crippen LogP) is 3.56. The lowest BCUT2D eigenvalue weighted by Crippen LogP contribution is -2.31. The molecule has 1 atom stereocenters. The zero-order valence-electron chi connectivity index (χ0n) is 14.4. The Hall–Kier alpha value is -3.17. The van der Waals surface area contributed by atoms with E-state index in [9.17, 15) is 22.4 Å². The number of halogens is 4. The molecule has 0 aliphatic heterocycles. The van der Waals surface area contributed by atoms with Gasteiger partial charge in [-0.15, -0.1) is 0 Å². The molecule has 28 heavy (non-hydrogen) atoms. The molecule has 0 unspecified atom stereocenters. The van der Waals surface area contributed by atoms with Crippen LogP contribution in [0.3, 0.4) is 0 Å². The molecule has 0 fully saturated rings. The Labute approximate surface area is 156 Å². The highest BCUT2D eigenvalue weighted by atomic mass is 19.4. The van der Waals surface area contributed by atoms with Crippen molar-refractivity contribution in [1.29, 1.82) is 0 Å². The third-order valence-corrected chi connectivity index (χ3v) is 4.68. The summed E-state index contributed by atoms with van der Waals surface area (Å²) in [5.41, 5.74) is 0.349. The first-order valence-electron chi connectivity index (χ1n) is 8.60. The van der Waals surface area contributed by atoms with Crippen molar-refractivity contribution in [3.05, 3.63) is 65.0 Å². The number of benzene rings is 1. The standard InChI is InChI=1S/C18H15F4N5O/c19-11-4-1-2-6-15(11)27-14-7-3-5-12(10(14)9-23-27)24-17(28)13-8-16(26-25-13)18(20,21)22/h1-2,4,6,8-9,12H,3,5,7H2,(H,24,28)(H,25,26)/t12-/m1/s1. The molecule has 2 heterocycles. The summed E-state index contributed by atoms with van der Waals surface area (Å²) in [6.07, 6.45) is -1.09. The normalized spacial score (nSPS) is 16.6. The molecule has 0 saturated heterocycles. The number of carbonyl (C=O) groups is 1. The van der Waals surface area contributed by atoms with Gasteiger partial charge in [0.25, 0.3) is 5.91 Å². The Morgan fingerprint density at radius 3 is 2.79 bits per heavy atom. The monoisotopic (exact) mass is 393 g/mol. The van der Waals surface area contributed by atoms with Crippen LogP contribution < -0.4 is 5.32 Å². The van der Waals surface area contributed by atoms with Crippen LogP contribution in [-0.2, 0) is 12.6 Å². The summed E-state index contributed by atoms with van der Waals surface area (Å²) in [7, 11) is 0. The third-order valence-electron chi connectivity index (χ3n) is 4.68. The lowest BCUT2D eigenvalue weighted by molar-refractivity contribution is -0.141. The maximum atomic E-state index is 14.1. The Bertz CT molecular complexity index is 1020. The average Bonchev–Trinajstić information content (AvgIpc) is 3.30. The van der Waals surface area contributed by atoms with E-state index in [1.807, 2.05) is 5.10 Å². The summed E-state index contributed by atoms with van der Waals surface area (Å²) in [5, 5.41) is 12.2. The minimum atomic E-state index is -4.61. The van der Waals surface area contributed by atoms with E-state index in [-0.39, 0.29) is 5.69 Å². The molecule has 0 saturated carbocycles. The molecule has 0 bridgehead atoms. The van der Waals surface area contributed by atoms with Crippen molar-refractivity contribution in [2.45, 2.75) is 31.5 Å². The van der Waals surface area contributed by atoms with Crippen LogP contribution in [0, 0.1) is 5.82 Å². The smallest absolute Gasteiger partial charge is 0.344 e. The van der Waals surface area contributed by atoms with Crippen molar-refractivity contribution < 1.29 is 22.4 Å². The zero-order valence-corrected chi connectivity index (χ0v) is 14.4. The number of H-pyrrole nitrogens is 1. The lowest BCUT2D eigenvalue weighted by Gasteiger charge is -2.24. The van der Waals surface area contributed by atoms with Crippen molar-refractivity contribution in [3.8, 4) is 5.69 Å². The number of nitrogens with one attached hydrogen (secondary N) is 2. The Morgan fingerprint density at radius 2 is 2.07 bits per heavy atom. The van der Waals surface area contributed by atoms with Crippen LogP contribution in [0.2, 0.25) is 0 Å². The molecular weight excluding hydrogens is 378 g/mol. The predicted molar refractivity (Wildman–Crippen MR) is 90.3 cm³/mol. The van der Waals surface area contributed by atoms with E-state index in [0.29, 0.717) is 31.0 Å². The number of para-hydroxylation sites is 1. The van der Waals surface area contributed by atoms with Crippen LogP contribution in [0.1, 0.15) is 46.3 Å². The number of aromatic amines is 1. The zero-order chi connectivity index (χ0) is 19.9. The Balaban J connectivity index is 1.58. The SMILES string of the molecule is O=C(N[C@@H]1CCCc2c1cnn2-c1ccccc1F)c1cc(C(F)(F)F)[nH]n1. The van der Waals surface area contributed by atoms with E-state index < -0.39 is 29.6 Å². The molecule has 10 heteroatoms. The van der Waals surface area contributed by atoms with Crippen LogP contribution in [0.25, 0.3) is 5.69 Å². The molecule has 4 rings (SSSR count). The van der Waals surface area contributed by atoms with Gasteiger partial charge in [-0.2, -0.15) is 23.4 Å². The number of fused-ring (bicyclic) bond motifs is 1. The first kappa shape index (κ1) is 18.2. The van der Waals surface area contributed by atoms with Gasteiger partial charge in [0.05, 0.1) is 12.2 Å². The van der Waals surface area contributed by atoms with Crippen molar-refractivity contribution in [1.82, 2.24) is 25.3 Å². The second-order valence-electron chi connectivity index (χ2n) is 6.49. The van der Waals surface area contributed by atoms with Gasteiger partial charge < -0.3 is 5.32 Å². The highest BCUT2D eigenvalue weighted by molar-refractivity contribution is 5.92. The van der Waals surface area contributed by atoms with Gasteiger partial charge >= 0.3 is 6.18 Å². The lowest BCUT2D eigenvalue weighted by atomic mass is 9.92. The van der Waals surface area contributed by atoms with Crippen molar-refractivity contribution in [2.24, 2.45) is 0 Å². The van der Waals surface area contributed by atoms with E-state index in [2.05, 4.69) is 15.5 Å². The van der Waals surface area contributed by atoms with Gasteiger partial charge in [-0.1, -0.05) is 12.1 Å². The molecule has 1 aromatic carbocycles. The maximum Gasteiger partial charge on any atom is 0.432 e. The van der Waals surface area contributed by atoms with E-state index in [1.54, 1.807) is 24.4 Å². The molecule has 3 aromatic rings. The number of hydrogen-bond donors (Lipinski definition) is 2. The van der Waals surface area contributed by atoms with E-state index in [1.165, 1.54) is 10.7 Å². The molecule has 0 spiro atoms. The fourth-order valence-electron chi connectivity index (χ4n) is 3.35. The van der Waals surface area contributed by atoms with Crippen molar-refractivity contribution >= 4 is 5.91 Å². The number of amides is 1. The van der Waals surface area contributed by atoms with Crippen LogP contribution >= 0.6 is 0 Å². The van der Waals surface area contributed by atoms with Gasteiger partial charge in [0.15, 0.2) is 5.69 Å². The largest absolute Gasteiger partial charge is 0.432 e. The molecule has 1 amide bonds. The summed E-state index contributed by atoms with van der Waals surface area (Å²) in [6, 6.07) is 6.44. The molecule has 0 radical (unpaired) electrons. The van der Waals surface area contributed by atoms with E-state index in [4.69, 9.17) is 0 Å². The van der Waals surface area contributed by atoms with Crippen molar-refractivity contribution in [2.75, 3.05) is 0 Å². The summed E-state index contributed by atoms with van der Waals surface area (Å²) in [5.74, 6) is -1.14. The summed E-state index contributed by atoms with van der Waals surface area (Å²) in [4.78, 5) is 12.3. The van der Waals surface area contributed by atoms with Gasteiger partial charge in [0.2, 0.25) is 0 Å². The molecule has 146 valence electrons. The molecule has 1 aliphatic carbocycles. The fraction of sp³-hybridized carbons (Fsp3) is 0.278. The summed E-state index contributed by atoms with van der Waals surface area (Å²) >= 11 is 0. The highest BCUT2D eigenvalue weighted by Crippen LogP contribution is 2.32. The molecule has 6 nitrogen and oxygen atoms in total. The topological polar surface area (TPSA) is 75.6 Å². The first-order chi connectivity index (χ1) is 13.3. The quantitative estimate of drug-likeness (QED) is 0.668. The Morgan fingerprint density at radius 1 is 1.29 bits per heavy atom. The van der Waals surface area contributed by atoms with Gasteiger partial charge in [-0.3, -0.25) is 9.89 Å². The minimum Gasteiger partial charge on any atom is -0.344 e. The Kier molecular flexibility index (Phi) is 4.40. The summed E-state index contributed by atoms with van der Waals surface area (Å²) in [6.45, 7) is 0. The maximum absolute atomic E-state index is 14.1. The van der Waals surface area contributed by atoms with E-state index >= 15 is 0 Å².